The third kappa shape index (κ3) is 4.33. The number of rotatable bonds is 3. The van der Waals surface area contributed by atoms with Crippen LogP contribution in [-0.2, 0) is 19.3 Å². The zero-order valence-electron chi connectivity index (χ0n) is 26.2. The Balaban J connectivity index is 1.05. The topological polar surface area (TPSA) is 4.93 Å². The predicted octanol–water partition coefficient (Wildman–Crippen LogP) is 10.5. The van der Waals surface area contributed by atoms with Crippen molar-refractivity contribution < 1.29 is 0 Å². The number of allylic oxidation sites excluding steroid dienone is 15. The van der Waals surface area contributed by atoms with Crippen LogP contribution in [0.15, 0.2) is 108 Å². The summed E-state index contributed by atoms with van der Waals surface area (Å²) in [5.74, 6) is 3.31. The highest BCUT2D eigenvalue weighted by Gasteiger charge is 2.37. The lowest BCUT2D eigenvalue weighted by Gasteiger charge is -2.39. The molecule has 0 spiro atoms. The van der Waals surface area contributed by atoms with Crippen LogP contribution in [-0.4, -0.2) is 4.57 Å². The zero-order chi connectivity index (χ0) is 29.2. The van der Waals surface area contributed by atoms with E-state index in [-0.39, 0.29) is 0 Å². The molecule has 1 aromatic heterocycles. The van der Waals surface area contributed by atoms with Crippen LogP contribution < -0.4 is 0 Å². The van der Waals surface area contributed by atoms with Gasteiger partial charge in [-0.1, -0.05) is 110 Å². The Morgan fingerprint density at radius 1 is 0.750 bits per heavy atom. The van der Waals surface area contributed by atoms with Gasteiger partial charge in [0.15, 0.2) is 0 Å². The summed E-state index contributed by atoms with van der Waals surface area (Å²) in [5, 5.41) is 0. The third-order valence-corrected chi connectivity index (χ3v) is 12.0. The quantitative estimate of drug-likeness (QED) is 0.321. The number of fused-ring (bicyclic) bond motifs is 8. The fourth-order valence-corrected chi connectivity index (χ4v) is 9.80. The Labute approximate surface area is 263 Å². The average Bonchev–Trinajstić information content (AvgIpc) is 3.42. The normalized spacial score (nSPS) is 32.9. The lowest BCUT2D eigenvalue weighted by Crippen LogP contribution is -2.25. The van der Waals surface area contributed by atoms with Gasteiger partial charge in [0, 0.05) is 29.1 Å². The van der Waals surface area contributed by atoms with Crippen LogP contribution in [0.3, 0.4) is 0 Å². The van der Waals surface area contributed by atoms with Crippen molar-refractivity contribution in [2.75, 3.05) is 0 Å². The van der Waals surface area contributed by atoms with Gasteiger partial charge in [0.05, 0.1) is 6.04 Å². The second kappa shape index (κ2) is 10.8. The lowest BCUT2D eigenvalue weighted by atomic mass is 9.65. The van der Waals surface area contributed by atoms with Crippen LogP contribution in [0.4, 0.5) is 0 Å². The standard InChI is InChI=1S/C43H45N/c1-28-15-22-37-40(25-28)35-12-6-5-11-34(35)36-23-18-31(26-41(36)37)32-19-24-39-38-13-7-8-14-42(38)44(43(39)27-32)33-20-16-30(17-21-33)29-9-3-2-4-10-29/h2-6,9,11-12,15-16,18-20,22-24,26,28-30,32-33,36,41H,7-8,10,13-14,17,21,25,27H2,1H3. The van der Waals surface area contributed by atoms with Crippen molar-refractivity contribution in [1.29, 1.82) is 0 Å². The molecule has 7 aliphatic rings. The van der Waals surface area contributed by atoms with Gasteiger partial charge in [0.25, 0.3) is 0 Å². The van der Waals surface area contributed by atoms with Crippen LogP contribution in [0.2, 0.25) is 0 Å². The summed E-state index contributed by atoms with van der Waals surface area (Å²) in [7, 11) is 0. The van der Waals surface area contributed by atoms with Crippen LogP contribution >= 0.6 is 0 Å². The molecule has 0 bridgehead atoms. The summed E-state index contributed by atoms with van der Waals surface area (Å²) in [4.78, 5) is 0. The highest BCUT2D eigenvalue weighted by molar-refractivity contribution is 5.79. The molecule has 0 aliphatic heterocycles. The first-order valence-corrected chi connectivity index (χ1v) is 17.6. The second-order valence-corrected chi connectivity index (χ2v) is 14.6. The van der Waals surface area contributed by atoms with Gasteiger partial charge in [-0.15, -0.1) is 0 Å². The largest absolute Gasteiger partial charge is 0.341 e. The molecular formula is C43H45N. The molecule has 0 fully saturated rings. The van der Waals surface area contributed by atoms with E-state index in [1.54, 1.807) is 33.7 Å². The van der Waals surface area contributed by atoms with Gasteiger partial charge < -0.3 is 4.57 Å². The molecule has 0 N–H and O–H groups in total. The summed E-state index contributed by atoms with van der Waals surface area (Å²) < 4.78 is 2.85. The van der Waals surface area contributed by atoms with Gasteiger partial charge in [0.1, 0.15) is 0 Å². The maximum atomic E-state index is 2.85. The van der Waals surface area contributed by atoms with Crippen LogP contribution in [0.1, 0.15) is 91.1 Å². The lowest BCUT2D eigenvalue weighted by molar-refractivity contribution is 0.369. The molecule has 44 heavy (non-hydrogen) atoms. The van der Waals surface area contributed by atoms with Crippen LogP contribution in [0, 0.1) is 29.6 Å². The minimum absolute atomic E-state index is 0.445. The molecular weight excluding hydrogens is 530 g/mol. The van der Waals surface area contributed by atoms with Crippen molar-refractivity contribution in [1.82, 2.24) is 4.57 Å². The van der Waals surface area contributed by atoms with Crippen molar-refractivity contribution in [2.24, 2.45) is 29.6 Å². The Kier molecular flexibility index (Phi) is 6.57. The smallest absolute Gasteiger partial charge is 0.0516 e. The van der Waals surface area contributed by atoms with E-state index in [2.05, 4.69) is 115 Å². The maximum Gasteiger partial charge on any atom is 0.0516 e. The number of benzene rings is 1. The number of nitrogens with zero attached hydrogens (tertiary/aromatic N) is 1. The number of hydrogen-bond acceptors (Lipinski definition) is 0. The van der Waals surface area contributed by atoms with E-state index in [0.29, 0.717) is 41.5 Å². The summed E-state index contributed by atoms with van der Waals surface area (Å²) >= 11 is 0. The van der Waals surface area contributed by atoms with E-state index < -0.39 is 0 Å². The van der Waals surface area contributed by atoms with Gasteiger partial charge in [-0.3, -0.25) is 0 Å². The summed E-state index contributed by atoms with van der Waals surface area (Å²) in [6.07, 6.45) is 43.4. The highest BCUT2D eigenvalue weighted by atomic mass is 15.0. The van der Waals surface area contributed by atoms with Gasteiger partial charge in [-0.05, 0) is 115 Å². The zero-order valence-corrected chi connectivity index (χ0v) is 26.2. The molecule has 0 radical (unpaired) electrons. The molecule has 1 nitrogen and oxygen atoms in total. The highest BCUT2D eigenvalue weighted by Crippen LogP contribution is 2.51. The molecule has 0 saturated carbocycles. The first-order chi connectivity index (χ1) is 21.7. The molecule has 222 valence electrons. The monoisotopic (exact) mass is 575 g/mol. The van der Waals surface area contributed by atoms with E-state index in [9.17, 15) is 0 Å². The van der Waals surface area contributed by atoms with E-state index in [1.807, 2.05) is 0 Å². The van der Waals surface area contributed by atoms with E-state index >= 15 is 0 Å². The minimum atomic E-state index is 0.445. The molecule has 7 atom stereocenters. The molecule has 0 amide bonds. The summed E-state index contributed by atoms with van der Waals surface area (Å²) in [5.41, 5.74) is 14.2. The molecule has 1 aromatic carbocycles. The predicted molar refractivity (Wildman–Crippen MR) is 184 cm³/mol. The van der Waals surface area contributed by atoms with Crippen molar-refractivity contribution in [2.45, 2.75) is 76.7 Å². The Hall–Kier alpha value is -3.58. The maximum absolute atomic E-state index is 2.85. The third-order valence-electron chi connectivity index (χ3n) is 12.0. The van der Waals surface area contributed by atoms with Crippen molar-refractivity contribution in [3.05, 3.63) is 142 Å². The Morgan fingerprint density at radius 3 is 2.57 bits per heavy atom. The van der Waals surface area contributed by atoms with Gasteiger partial charge in [-0.25, -0.2) is 0 Å². The molecule has 1 heterocycles. The number of aromatic nitrogens is 1. The van der Waals surface area contributed by atoms with Crippen LogP contribution in [0.5, 0.6) is 0 Å². The van der Waals surface area contributed by atoms with Crippen molar-refractivity contribution in [3.8, 4) is 0 Å². The van der Waals surface area contributed by atoms with Gasteiger partial charge in [-0.2, -0.15) is 0 Å². The van der Waals surface area contributed by atoms with E-state index in [4.69, 9.17) is 0 Å². The Bertz CT molecular complexity index is 1740. The van der Waals surface area contributed by atoms with E-state index in [0.717, 1.165) is 12.8 Å². The Morgan fingerprint density at radius 2 is 1.68 bits per heavy atom. The summed E-state index contributed by atoms with van der Waals surface area (Å²) in [6, 6.07) is 9.73. The summed E-state index contributed by atoms with van der Waals surface area (Å²) in [6.45, 7) is 2.36. The molecule has 7 aliphatic carbocycles. The average molecular weight is 576 g/mol. The van der Waals surface area contributed by atoms with Crippen LogP contribution in [0.25, 0.3) is 11.6 Å². The molecule has 7 unspecified atom stereocenters. The fraction of sp³-hybridized carbons (Fsp3) is 0.395. The van der Waals surface area contributed by atoms with Crippen molar-refractivity contribution in [3.63, 3.8) is 0 Å². The first-order valence-electron chi connectivity index (χ1n) is 17.6. The van der Waals surface area contributed by atoms with Gasteiger partial charge >= 0.3 is 0 Å². The minimum Gasteiger partial charge on any atom is -0.341 e. The number of hydrogen-bond donors (Lipinski definition) is 0. The van der Waals surface area contributed by atoms with Crippen molar-refractivity contribution >= 4 is 11.6 Å². The molecule has 1 heteroatoms. The van der Waals surface area contributed by atoms with Gasteiger partial charge in [0.2, 0.25) is 0 Å². The molecule has 9 rings (SSSR count). The SMILES string of the molecule is CC1C=CC2=C(C1)c1ccccc1C1C=CC(C3C=Cc4c5c(n(C6C=CC(C7C=CC=CC7)CC6)c4C3)CCCC5)=CC21. The van der Waals surface area contributed by atoms with E-state index in [1.165, 1.54) is 61.6 Å². The molecule has 0 saturated heterocycles. The second-order valence-electron chi connectivity index (χ2n) is 14.6. The first kappa shape index (κ1) is 26.8. The molecule has 2 aromatic rings. The fourth-order valence-electron chi connectivity index (χ4n) is 9.80.